The molecule has 2 aromatic heterocycles. The average Bonchev–Trinajstić information content (AvgIpc) is 3.27. The van der Waals surface area contributed by atoms with Gasteiger partial charge in [-0.25, -0.2) is 4.98 Å². The number of aromatic amines is 1. The zero-order valence-electron chi connectivity index (χ0n) is 18.6. The van der Waals surface area contributed by atoms with Crippen molar-refractivity contribution in [2.75, 3.05) is 24.8 Å². The van der Waals surface area contributed by atoms with Gasteiger partial charge in [0.15, 0.2) is 5.82 Å². The van der Waals surface area contributed by atoms with Gasteiger partial charge in [0.2, 0.25) is 5.95 Å². The monoisotopic (exact) mass is 456 g/mol. The molecule has 0 aliphatic heterocycles. The molecular formula is C21H28N8O4. The molecule has 12 heteroatoms. The highest BCUT2D eigenvalue weighted by Crippen LogP contribution is 2.29. The number of nitrogens with one attached hydrogen (secondary N) is 2. The number of nitrogens with two attached hydrogens (primary N) is 1. The minimum Gasteiger partial charge on any atom is -0.496 e. The van der Waals surface area contributed by atoms with Gasteiger partial charge in [-0.15, -0.1) is 10.2 Å². The number of aliphatic hydroxyl groups excluding tert-OH is 1. The third kappa shape index (κ3) is 6.59. The Labute approximate surface area is 190 Å². The number of nitrogen functional groups attached to an aromatic ring is 1. The van der Waals surface area contributed by atoms with Crippen molar-refractivity contribution in [1.29, 1.82) is 0 Å². The molecule has 0 radical (unpaired) electrons. The number of methoxy groups -OCH3 is 1. The second kappa shape index (κ2) is 11.2. The lowest BCUT2D eigenvalue weighted by atomic mass is 9.99. The van der Waals surface area contributed by atoms with Gasteiger partial charge in [-0.2, -0.15) is 10.2 Å². The summed E-state index contributed by atoms with van der Waals surface area (Å²) in [4.78, 5) is 20.0. The molecule has 0 fully saturated rings. The van der Waals surface area contributed by atoms with Crippen molar-refractivity contribution in [3.63, 3.8) is 0 Å². The minimum atomic E-state index is -0.943. The molecule has 0 aliphatic rings. The number of H-pyrrole nitrogens is 1. The normalized spacial score (nSPS) is 11.8. The number of carboxylic acid groups (broad SMARTS) is 1. The van der Waals surface area contributed by atoms with E-state index in [-0.39, 0.29) is 19.0 Å². The van der Waals surface area contributed by atoms with E-state index in [1.54, 1.807) is 7.11 Å². The number of hydrogen-bond donors (Lipinski definition) is 5. The number of aryl methyl sites for hydroxylation is 1. The predicted octanol–water partition coefficient (Wildman–Crippen LogP) is 1.10. The molecule has 1 atom stereocenters. The summed E-state index contributed by atoms with van der Waals surface area (Å²) < 4.78 is 5.56. The Bertz CT molecular complexity index is 1070. The molecule has 2 heterocycles. The first-order valence-corrected chi connectivity index (χ1v) is 10.5. The Morgan fingerprint density at radius 1 is 1.30 bits per heavy atom. The van der Waals surface area contributed by atoms with E-state index in [0.717, 1.165) is 16.7 Å². The zero-order valence-corrected chi connectivity index (χ0v) is 18.6. The highest BCUT2D eigenvalue weighted by Gasteiger charge is 2.19. The van der Waals surface area contributed by atoms with Crippen LogP contribution in [0.2, 0.25) is 0 Å². The lowest BCUT2D eigenvalue weighted by Crippen LogP contribution is -2.25. The number of aromatic nitrogens is 6. The van der Waals surface area contributed by atoms with Gasteiger partial charge in [-0.05, 0) is 37.0 Å². The average molecular weight is 457 g/mol. The summed E-state index contributed by atoms with van der Waals surface area (Å²) in [6.45, 7) is 1.80. The van der Waals surface area contributed by atoms with Gasteiger partial charge < -0.3 is 26.0 Å². The number of tetrazole rings is 1. The summed E-state index contributed by atoms with van der Waals surface area (Å²) in [5, 5.41) is 35.7. The lowest BCUT2D eigenvalue weighted by molar-refractivity contribution is -0.137. The van der Waals surface area contributed by atoms with Crippen LogP contribution in [0.3, 0.4) is 0 Å². The number of anilines is 2. The Balaban J connectivity index is 1.93. The first-order valence-electron chi connectivity index (χ1n) is 10.5. The van der Waals surface area contributed by atoms with E-state index in [1.165, 1.54) is 0 Å². The molecule has 12 nitrogen and oxygen atoms in total. The number of aliphatic carboxylic acids is 1. The summed E-state index contributed by atoms with van der Waals surface area (Å²) in [6.07, 6.45) is 1.74. The highest BCUT2D eigenvalue weighted by atomic mass is 16.5. The van der Waals surface area contributed by atoms with Crippen LogP contribution in [-0.4, -0.2) is 66.5 Å². The number of nitrogens with zero attached hydrogens (tertiary/aromatic N) is 5. The maximum Gasteiger partial charge on any atom is 0.305 e. The highest BCUT2D eigenvalue weighted by molar-refractivity contribution is 5.68. The van der Waals surface area contributed by atoms with Crippen LogP contribution in [0.5, 0.6) is 5.75 Å². The van der Waals surface area contributed by atoms with Crippen LogP contribution >= 0.6 is 0 Å². The summed E-state index contributed by atoms with van der Waals surface area (Å²) in [7, 11) is 1.60. The van der Waals surface area contributed by atoms with Crippen LogP contribution < -0.4 is 15.8 Å². The third-order valence-corrected chi connectivity index (χ3v) is 5.17. The quantitative estimate of drug-likeness (QED) is 0.263. The lowest BCUT2D eigenvalue weighted by Gasteiger charge is -2.21. The van der Waals surface area contributed by atoms with Gasteiger partial charge in [0.05, 0.1) is 13.5 Å². The van der Waals surface area contributed by atoms with Crippen molar-refractivity contribution in [2.45, 2.75) is 45.1 Å². The number of rotatable bonds is 12. The van der Waals surface area contributed by atoms with Crippen molar-refractivity contribution in [2.24, 2.45) is 0 Å². The molecule has 3 aromatic rings. The molecule has 0 saturated heterocycles. The number of ether oxygens (including phenoxy) is 1. The topological polar surface area (TPSA) is 185 Å². The molecule has 0 spiro atoms. The number of benzene rings is 1. The molecule has 6 N–H and O–H groups in total. The van der Waals surface area contributed by atoms with E-state index in [2.05, 4.69) is 35.9 Å². The number of carboxylic acids is 1. The fourth-order valence-corrected chi connectivity index (χ4v) is 3.63. The molecule has 0 aliphatic carbocycles. The van der Waals surface area contributed by atoms with E-state index in [9.17, 15) is 15.0 Å². The van der Waals surface area contributed by atoms with Gasteiger partial charge in [-0.3, -0.25) is 4.79 Å². The molecule has 3 rings (SSSR count). The first-order chi connectivity index (χ1) is 15.9. The van der Waals surface area contributed by atoms with Gasteiger partial charge in [0.25, 0.3) is 0 Å². The van der Waals surface area contributed by atoms with Gasteiger partial charge in [0.1, 0.15) is 11.6 Å². The minimum absolute atomic E-state index is 0.0278. The second-order valence-electron chi connectivity index (χ2n) is 7.63. The van der Waals surface area contributed by atoms with Crippen molar-refractivity contribution in [3.8, 4) is 5.75 Å². The van der Waals surface area contributed by atoms with Crippen LogP contribution in [0.4, 0.5) is 11.8 Å². The van der Waals surface area contributed by atoms with Crippen LogP contribution in [0.25, 0.3) is 0 Å². The molecule has 33 heavy (non-hydrogen) atoms. The zero-order chi connectivity index (χ0) is 23.8. The van der Waals surface area contributed by atoms with E-state index in [0.29, 0.717) is 48.8 Å². The van der Waals surface area contributed by atoms with Crippen LogP contribution in [0.15, 0.2) is 18.2 Å². The Morgan fingerprint density at radius 3 is 2.79 bits per heavy atom. The van der Waals surface area contributed by atoms with Crippen LogP contribution in [-0.2, 0) is 17.6 Å². The fourth-order valence-electron chi connectivity index (χ4n) is 3.63. The van der Waals surface area contributed by atoms with E-state index >= 15 is 0 Å². The number of hydrogen-bond acceptors (Lipinski definition) is 10. The summed E-state index contributed by atoms with van der Waals surface area (Å²) >= 11 is 0. The van der Waals surface area contributed by atoms with Gasteiger partial charge in [0, 0.05) is 36.7 Å². The number of carbonyl (C=O) groups is 1. The third-order valence-electron chi connectivity index (χ3n) is 5.17. The van der Waals surface area contributed by atoms with E-state index in [4.69, 9.17) is 10.5 Å². The molecule has 0 unspecified atom stereocenters. The van der Waals surface area contributed by atoms with Crippen molar-refractivity contribution < 1.29 is 19.7 Å². The van der Waals surface area contributed by atoms with Gasteiger partial charge >= 0.3 is 5.97 Å². The maximum absolute atomic E-state index is 11.3. The first kappa shape index (κ1) is 23.9. The van der Waals surface area contributed by atoms with Gasteiger partial charge in [-0.1, -0.05) is 17.3 Å². The predicted molar refractivity (Wildman–Crippen MR) is 120 cm³/mol. The largest absolute Gasteiger partial charge is 0.496 e. The summed E-state index contributed by atoms with van der Waals surface area (Å²) in [5.41, 5.74) is 9.20. The molecule has 0 saturated carbocycles. The second-order valence-corrected chi connectivity index (χ2v) is 7.63. The SMILES string of the molecule is COc1ccc(Cc2nn[nH]n2)cc1Cc1c(C)nc(N)nc1N[C@@H](CCCO)CC(=O)O. The Kier molecular flexibility index (Phi) is 8.08. The molecular weight excluding hydrogens is 428 g/mol. The van der Waals surface area contributed by atoms with E-state index in [1.807, 2.05) is 25.1 Å². The van der Waals surface area contributed by atoms with Crippen molar-refractivity contribution in [1.82, 2.24) is 30.6 Å². The smallest absolute Gasteiger partial charge is 0.305 e. The summed E-state index contributed by atoms with van der Waals surface area (Å²) in [6, 6.07) is 5.38. The van der Waals surface area contributed by atoms with Crippen molar-refractivity contribution >= 4 is 17.7 Å². The molecule has 0 amide bonds. The van der Waals surface area contributed by atoms with Crippen LogP contribution in [0.1, 0.15) is 47.5 Å². The fraction of sp³-hybridized carbons (Fsp3) is 0.429. The molecule has 176 valence electrons. The number of aliphatic hydroxyl groups is 1. The van der Waals surface area contributed by atoms with Crippen LogP contribution in [0, 0.1) is 6.92 Å². The summed E-state index contributed by atoms with van der Waals surface area (Å²) in [5.74, 6) is 0.876. The van der Waals surface area contributed by atoms with E-state index < -0.39 is 12.0 Å². The Morgan fingerprint density at radius 2 is 2.12 bits per heavy atom. The molecule has 1 aromatic carbocycles. The Hall–Kier alpha value is -3.80. The maximum atomic E-state index is 11.3. The molecule has 0 bridgehead atoms. The standard InChI is InChI=1S/C21H28N8O4/c1-12-16(20(25-21(22)23-12)24-15(4-3-7-30)11-19(31)32)10-14-8-13(5-6-17(14)33-2)9-18-26-28-29-27-18/h5-6,8,15,30H,3-4,7,9-11H2,1-2H3,(H,31,32)(H3,22,23,24,25)(H,26,27,28,29)/t15-/m0/s1. The van der Waals surface area contributed by atoms with Crippen molar-refractivity contribution in [3.05, 3.63) is 46.4 Å².